The molecule has 1 aromatic rings. The minimum Gasteiger partial charge on any atom is -0.448 e. The van der Waals surface area contributed by atoms with Gasteiger partial charge in [-0.05, 0) is 50.7 Å². The Balaban J connectivity index is 1.59. The van der Waals surface area contributed by atoms with Gasteiger partial charge in [-0.1, -0.05) is 19.3 Å². The Hall–Kier alpha value is -1.87. The number of aryl methyl sites for hydroxylation is 2. The maximum Gasteiger partial charge on any atom is 0.349 e. The molecule has 0 saturated heterocycles. The van der Waals surface area contributed by atoms with Crippen LogP contribution in [-0.2, 0) is 22.4 Å². The van der Waals surface area contributed by atoms with E-state index in [9.17, 15) is 14.9 Å². The first-order chi connectivity index (χ1) is 11.5. The molecule has 0 aromatic carbocycles. The van der Waals surface area contributed by atoms with Crippen LogP contribution < -0.4 is 5.32 Å². The second-order valence-electron chi connectivity index (χ2n) is 6.70. The number of hydrogen-bond acceptors (Lipinski definition) is 5. The molecule has 5 nitrogen and oxygen atoms in total. The normalized spacial score (nSPS) is 19.8. The molecule has 1 saturated carbocycles. The molecular formula is C18H22N2O3S. The zero-order chi connectivity index (χ0) is 17.2. The highest BCUT2D eigenvalue weighted by atomic mass is 32.1. The van der Waals surface area contributed by atoms with E-state index in [4.69, 9.17) is 4.74 Å². The number of carbonyl (C=O) groups excluding carboxylic acids is 2. The number of fused-ring (bicyclic) bond motifs is 1. The lowest BCUT2D eigenvalue weighted by atomic mass is 9.83. The largest absolute Gasteiger partial charge is 0.448 e. The predicted molar refractivity (Wildman–Crippen MR) is 90.8 cm³/mol. The molecule has 2 aliphatic carbocycles. The number of carbonyl (C=O) groups is 2. The van der Waals surface area contributed by atoms with Gasteiger partial charge in [0.1, 0.15) is 10.4 Å². The number of nitrogens with one attached hydrogen (secondary N) is 1. The van der Waals surface area contributed by atoms with Crippen LogP contribution in [0.25, 0.3) is 0 Å². The van der Waals surface area contributed by atoms with Crippen LogP contribution in [0.3, 0.4) is 0 Å². The second-order valence-corrected chi connectivity index (χ2v) is 7.84. The van der Waals surface area contributed by atoms with Gasteiger partial charge in [0.05, 0.1) is 6.07 Å². The maximum atomic E-state index is 12.3. The number of hydrogen-bond donors (Lipinski definition) is 1. The van der Waals surface area contributed by atoms with Gasteiger partial charge in [0, 0.05) is 4.88 Å². The Morgan fingerprint density at radius 3 is 2.71 bits per heavy atom. The van der Waals surface area contributed by atoms with Crippen LogP contribution in [0.15, 0.2) is 6.07 Å². The van der Waals surface area contributed by atoms with Crippen molar-refractivity contribution in [1.29, 1.82) is 5.26 Å². The fourth-order valence-corrected chi connectivity index (χ4v) is 4.60. The molecule has 1 heterocycles. The highest BCUT2D eigenvalue weighted by molar-refractivity contribution is 7.14. The topological polar surface area (TPSA) is 79.2 Å². The molecule has 1 amide bonds. The summed E-state index contributed by atoms with van der Waals surface area (Å²) in [6, 6.07) is 4.13. The number of thiophene rings is 1. The quantitative estimate of drug-likeness (QED) is 0.850. The van der Waals surface area contributed by atoms with E-state index in [0.29, 0.717) is 17.7 Å². The summed E-state index contributed by atoms with van der Waals surface area (Å²) >= 11 is 1.46. The predicted octanol–water partition coefficient (Wildman–Crippen LogP) is 3.12. The molecule has 2 aliphatic rings. The molecule has 0 bridgehead atoms. The molecule has 0 spiro atoms. The summed E-state index contributed by atoms with van der Waals surface area (Å²) in [6.07, 6.45) is 6.56. The van der Waals surface area contributed by atoms with E-state index in [1.54, 1.807) is 6.92 Å². The average Bonchev–Trinajstić information content (AvgIpc) is 3.17. The van der Waals surface area contributed by atoms with Crippen molar-refractivity contribution < 1.29 is 14.3 Å². The molecule has 1 atom stereocenters. The van der Waals surface area contributed by atoms with Crippen molar-refractivity contribution in [3.8, 4) is 6.07 Å². The third-order valence-corrected chi connectivity index (χ3v) is 6.10. The fraction of sp³-hybridized carbons (Fsp3) is 0.611. The molecule has 0 aliphatic heterocycles. The van der Waals surface area contributed by atoms with E-state index in [-0.39, 0.29) is 0 Å². The van der Waals surface area contributed by atoms with Crippen LogP contribution in [0, 0.1) is 11.3 Å². The van der Waals surface area contributed by atoms with Gasteiger partial charge in [0.25, 0.3) is 5.91 Å². The summed E-state index contributed by atoms with van der Waals surface area (Å²) in [5, 5.41) is 12.2. The van der Waals surface area contributed by atoms with Gasteiger partial charge in [-0.2, -0.15) is 5.26 Å². The van der Waals surface area contributed by atoms with E-state index in [2.05, 4.69) is 11.4 Å². The van der Waals surface area contributed by atoms with E-state index in [1.807, 2.05) is 6.07 Å². The number of nitriles is 1. The lowest BCUT2D eigenvalue weighted by molar-refractivity contribution is -0.130. The number of amides is 1. The zero-order valence-corrected chi connectivity index (χ0v) is 14.7. The van der Waals surface area contributed by atoms with Crippen LogP contribution in [0.2, 0.25) is 0 Å². The van der Waals surface area contributed by atoms with Crippen LogP contribution >= 0.6 is 11.3 Å². The first kappa shape index (κ1) is 17.0. The van der Waals surface area contributed by atoms with E-state index >= 15 is 0 Å². The SMILES string of the molecule is CC(OC(=O)c1cc2c(s1)CCC2)C(=O)NC1(C#N)CCCCC1. The molecule has 24 heavy (non-hydrogen) atoms. The van der Waals surface area contributed by atoms with Crippen molar-refractivity contribution >= 4 is 23.2 Å². The van der Waals surface area contributed by atoms with Crippen LogP contribution in [-0.4, -0.2) is 23.5 Å². The highest BCUT2D eigenvalue weighted by Gasteiger charge is 2.35. The Kier molecular flexibility index (Phi) is 4.91. The Morgan fingerprint density at radius 2 is 2.04 bits per heavy atom. The molecule has 1 fully saturated rings. The third-order valence-electron chi connectivity index (χ3n) is 4.88. The first-order valence-corrected chi connectivity index (χ1v) is 9.40. The van der Waals surface area contributed by atoms with Gasteiger partial charge >= 0.3 is 5.97 Å². The van der Waals surface area contributed by atoms with Gasteiger partial charge in [0.2, 0.25) is 0 Å². The zero-order valence-electron chi connectivity index (χ0n) is 13.9. The third kappa shape index (κ3) is 3.46. The fourth-order valence-electron chi connectivity index (χ4n) is 3.46. The Labute approximate surface area is 146 Å². The minimum atomic E-state index is -0.901. The Morgan fingerprint density at radius 1 is 1.29 bits per heavy atom. The molecule has 0 radical (unpaired) electrons. The summed E-state index contributed by atoms with van der Waals surface area (Å²) in [4.78, 5) is 26.4. The summed E-state index contributed by atoms with van der Waals surface area (Å²) in [6.45, 7) is 1.56. The van der Waals surface area contributed by atoms with Crippen LogP contribution in [0.5, 0.6) is 0 Å². The minimum absolute atomic E-state index is 0.393. The summed E-state index contributed by atoms with van der Waals surface area (Å²) in [5.74, 6) is -0.845. The van der Waals surface area contributed by atoms with Gasteiger partial charge in [-0.3, -0.25) is 4.79 Å². The van der Waals surface area contributed by atoms with Gasteiger partial charge < -0.3 is 10.1 Å². The van der Waals surface area contributed by atoms with E-state index < -0.39 is 23.5 Å². The second kappa shape index (κ2) is 6.94. The van der Waals surface area contributed by atoms with Gasteiger partial charge in [-0.25, -0.2) is 4.79 Å². The molecular weight excluding hydrogens is 324 g/mol. The van der Waals surface area contributed by atoms with Crippen molar-refractivity contribution in [3.05, 3.63) is 21.4 Å². The van der Waals surface area contributed by atoms with Crippen molar-refractivity contribution in [2.45, 2.75) is 69.9 Å². The molecule has 1 aromatic heterocycles. The number of nitrogens with zero attached hydrogens (tertiary/aromatic N) is 1. The smallest absolute Gasteiger partial charge is 0.349 e. The van der Waals surface area contributed by atoms with Crippen molar-refractivity contribution in [1.82, 2.24) is 5.32 Å². The lowest BCUT2D eigenvalue weighted by Gasteiger charge is -2.32. The van der Waals surface area contributed by atoms with Crippen molar-refractivity contribution in [3.63, 3.8) is 0 Å². The highest BCUT2D eigenvalue weighted by Crippen LogP contribution is 2.31. The monoisotopic (exact) mass is 346 g/mol. The van der Waals surface area contributed by atoms with Crippen LogP contribution in [0.4, 0.5) is 0 Å². The molecule has 3 rings (SSSR count). The number of esters is 1. The lowest BCUT2D eigenvalue weighted by Crippen LogP contribution is -2.52. The number of rotatable bonds is 4. The Bertz CT molecular complexity index is 661. The van der Waals surface area contributed by atoms with Crippen molar-refractivity contribution in [2.24, 2.45) is 0 Å². The average molecular weight is 346 g/mol. The van der Waals surface area contributed by atoms with Crippen LogP contribution in [0.1, 0.15) is 65.6 Å². The van der Waals surface area contributed by atoms with Crippen molar-refractivity contribution in [2.75, 3.05) is 0 Å². The van der Waals surface area contributed by atoms with E-state index in [1.165, 1.54) is 21.8 Å². The maximum absolute atomic E-state index is 12.3. The molecule has 1 unspecified atom stereocenters. The summed E-state index contributed by atoms with van der Waals surface area (Å²) in [5.41, 5.74) is 0.426. The molecule has 6 heteroatoms. The van der Waals surface area contributed by atoms with Gasteiger partial charge in [-0.15, -0.1) is 11.3 Å². The summed E-state index contributed by atoms with van der Waals surface area (Å²) < 4.78 is 5.32. The number of ether oxygens (including phenoxy) is 1. The summed E-state index contributed by atoms with van der Waals surface area (Å²) in [7, 11) is 0. The van der Waals surface area contributed by atoms with E-state index in [0.717, 1.165) is 38.5 Å². The molecule has 128 valence electrons. The first-order valence-electron chi connectivity index (χ1n) is 8.59. The van der Waals surface area contributed by atoms with Gasteiger partial charge in [0.15, 0.2) is 6.10 Å². The molecule has 1 N–H and O–H groups in total. The standard InChI is InChI=1S/C18H22N2O3S/c1-12(16(21)20-18(11-19)8-3-2-4-9-18)23-17(22)15-10-13-6-5-7-14(13)24-15/h10,12H,2-9H2,1H3,(H,20,21).